The quantitative estimate of drug-likeness (QED) is 0.488. The molecule has 0 radical (unpaired) electrons. The van der Waals surface area contributed by atoms with Crippen LogP contribution in [0.1, 0.15) is 60.8 Å². The summed E-state index contributed by atoms with van der Waals surface area (Å²) in [5.41, 5.74) is 3.76. The third-order valence-corrected chi connectivity index (χ3v) is 6.48. The van der Waals surface area contributed by atoms with Gasteiger partial charge < -0.3 is 5.11 Å². The molecule has 1 aliphatic rings. The van der Waals surface area contributed by atoms with E-state index in [1.165, 1.54) is 30.4 Å². The lowest BCUT2D eigenvalue weighted by Gasteiger charge is -2.40. The zero-order valence-electron chi connectivity index (χ0n) is 17.7. The lowest BCUT2D eigenvalue weighted by Crippen LogP contribution is -2.43. The number of benzene rings is 3. The van der Waals surface area contributed by atoms with E-state index in [0.717, 1.165) is 31.5 Å². The Labute approximate surface area is 181 Å². The van der Waals surface area contributed by atoms with Crippen molar-refractivity contribution in [1.82, 2.24) is 4.90 Å². The summed E-state index contributed by atoms with van der Waals surface area (Å²) in [6, 6.07) is 32.3. The number of rotatable bonds is 8. The van der Waals surface area contributed by atoms with Crippen LogP contribution < -0.4 is 0 Å². The first-order chi connectivity index (χ1) is 14.8. The fourth-order valence-corrected chi connectivity index (χ4v) is 4.94. The summed E-state index contributed by atoms with van der Waals surface area (Å²) < 4.78 is 0. The fraction of sp³-hybridized carbons (Fsp3) is 0.357. The van der Waals surface area contributed by atoms with Crippen LogP contribution in [-0.2, 0) is 0 Å². The van der Waals surface area contributed by atoms with Crippen molar-refractivity contribution >= 4 is 0 Å². The molecule has 30 heavy (non-hydrogen) atoms. The van der Waals surface area contributed by atoms with Gasteiger partial charge in [0.1, 0.15) is 0 Å². The molecule has 1 N–H and O–H groups in total. The van der Waals surface area contributed by atoms with E-state index in [0.29, 0.717) is 12.0 Å². The SMILES string of the molecule is OC(CCC(C(c1ccccc1)c1ccccc1)N1CCCCC1)c1ccccc1. The van der Waals surface area contributed by atoms with Gasteiger partial charge in [-0.2, -0.15) is 0 Å². The van der Waals surface area contributed by atoms with Crippen molar-refractivity contribution in [2.45, 2.75) is 50.2 Å². The Morgan fingerprint density at radius 3 is 1.57 bits per heavy atom. The maximum absolute atomic E-state index is 10.9. The molecule has 2 atom stereocenters. The van der Waals surface area contributed by atoms with Crippen LogP contribution in [-0.4, -0.2) is 29.1 Å². The van der Waals surface area contributed by atoms with E-state index in [1.807, 2.05) is 30.3 Å². The summed E-state index contributed by atoms with van der Waals surface area (Å²) in [6.45, 7) is 2.31. The number of aliphatic hydroxyl groups is 1. The van der Waals surface area contributed by atoms with Crippen molar-refractivity contribution < 1.29 is 5.11 Å². The van der Waals surface area contributed by atoms with Crippen molar-refractivity contribution in [1.29, 1.82) is 0 Å². The molecule has 0 saturated carbocycles. The monoisotopic (exact) mass is 399 g/mol. The minimum absolute atomic E-state index is 0.313. The molecular formula is C28H33NO. The van der Waals surface area contributed by atoms with E-state index in [2.05, 4.69) is 65.6 Å². The number of likely N-dealkylation sites (tertiary alicyclic amines) is 1. The first kappa shape index (κ1) is 20.8. The molecular weight excluding hydrogens is 366 g/mol. The predicted molar refractivity (Wildman–Crippen MR) is 125 cm³/mol. The van der Waals surface area contributed by atoms with Gasteiger partial charge >= 0.3 is 0 Å². The van der Waals surface area contributed by atoms with Crippen LogP contribution in [0.25, 0.3) is 0 Å². The van der Waals surface area contributed by atoms with Crippen molar-refractivity contribution in [3.05, 3.63) is 108 Å². The molecule has 0 bridgehead atoms. The highest BCUT2D eigenvalue weighted by Gasteiger charge is 2.31. The zero-order valence-corrected chi connectivity index (χ0v) is 17.7. The number of nitrogens with zero attached hydrogens (tertiary/aromatic N) is 1. The third kappa shape index (κ3) is 5.19. The standard InChI is InChI=1S/C28H33NO/c30-27(23-13-5-1-6-14-23)20-19-26(29-21-11-4-12-22-29)28(24-15-7-2-8-16-24)25-17-9-3-10-18-25/h1-3,5-10,13-18,26-28,30H,4,11-12,19-22H2. The summed E-state index contributed by atoms with van der Waals surface area (Å²) in [6.07, 6.45) is 5.22. The second kappa shape index (κ2) is 10.6. The van der Waals surface area contributed by atoms with Crippen molar-refractivity contribution in [2.75, 3.05) is 13.1 Å². The molecule has 2 heteroatoms. The van der Waals surface area contributed by atoms with Crippen molar-refractivity contribution in [3.63, 3.8) is 0 Å². The highest BCUT2D eigenvalue weighted by Crippen LogP contribution is 2.36. The molecule has 0 amide bonds. The van der Waals surface area contributed by atoms with Crippen LogP contribution in [0.15, 0.2) is 91.0 Å². The Morgan fingerprint density at radius 2 is 1.07 bits per heavy atom. The molecule has 4 rings (SSSR count). The molecule has 3 aromatic rings. The Kier molecular flexibility index (Phi) is 7.34. The molecule has 2 unspecified atom stereocenters. The maximum Gasteiger partial charge on any atom is 0.0790 e. The Balaban J connectivity index is 1.63. The van der Waals surface area contributed by atoms with Gasteiger partial charge in [0.15, 0.2) is 0 Å². The molecule has 0 aromatic heterocycles. The van der Waals surface area contributed by atoms with E-state index in [4.69, 9.17) is 0 Å². The fourth-order valence-electron chi connectivity index (χ4n) is 4.94. The van der Waals surface area contributed by atoms with Crippen LogP contribution in [0.3, 0.4) is 0 Å². The number of aliphatic hydroxyl groups excluding tert-OH is 1. The largest absolute Gasteiger partial charge is 0.388 e. The second-order valence-corrected chi connectivity index (χ2v) is 8.47. The molecule has 0 aliphatic carbocycles. The molecule has 1 heterocycles. The summed E-state index contributed by atoms with van der Waals surface area (Å²) in [4.78, 5) is 2.69. The maximum atomic E-state index is 10.9. The predicted octanol–water partition coefficient (Wildman–Crippen LogP) is 6.19. The minimum Gasteiger partial charge on any atom is -0.388 e. The highest BCUT2D eigenvalue weighted by molar-refractivity contribution is 5.34. The number of hydrogen-bond donors (Lipinski definition) is 1. The Bertz CT molecular complexity index is 819. The van der Waals surface area contributed by atoms with Gasteiger partial charge in [0, 0.05) is 12.0 Å². The molecule has 0 spiro atoms. The van der Waals surface area contributed by atoms with Gasteiger partial charge in [-0.25, -0.2) is 0 Å². The summed E-state index contributed by atoms with van der Waals surface area (Å²) in [5, 5.41) is 10.9. The van der Waals surface area contributed by atoms with Crippen LogP contribution >= 0.6 is 0 Å². The van der Waals surface area contributed by atoms with Crippen LogP contribution in [0, 0.1) is 0 Å². The average molecular weight is 400 g/mol. The molecule has 156 valence electrons. The second-order valence-electron chi connectivity index (χ2n) is 8.47. The first-order valence-corrected chi connectivity index (χ1v) is 11.4. The minimum atomic E-state index is -0.411. The topological polar surface area (TPSA) is 23.5 Å². The smallest absolute Gasteiger partial charge is 0.0790 e. The van der Waals surface area contributed by atoms with Gasteiger partial charge in [-0.15, -0.1) is 0 Å². The van der Waals surface area contributed by atoms with E-state index in [9.17, 15) is 5.11 Å². The summed E-state index contributed by atoms with van der Waals surface area (Å²) >= 11 is 0. The van der Waals surface area contributed by atoms with Gasteiger partial charge in [-0.05, 0) is 55.5 Å². The van der Waals surface area contributed by atoms with E-state index < -0.39 is 6.10 Å². The van der Waals surface area contributed by atoms with Gasteiger partial charge in [-0.1, -0.05) is 97.4 Å². The van der Waals surface area contributed by atoms with Crippen molar-refractivity contribution in [3.8, 4) is 0 Å². The van der Waals surface area contributed by atoms with E-state index in [1.54, 1.807) is 0 Å². The molecule has 2 nitrogen and oxygen atoms in total. The van der Waals surface area contributed by atoms with Gasteiger partial charge in [0.2, 0.25) is 0 Å². The van der Waals surface area contributed by atoms with E-state index in [-0.39, 0.29) is 0 Å². The van der Waals surface area contributed by atoms with Crippen LogP contribution in [0.2, 0.25) is 0 Å². The zero-order chi connectivity index (χ0) is 20.6. The van der Waals surface area contributed by atoms with Gasteiger partial charge in [0.25, 0.3) is 0 Å². The Hall–Kier alpha value is -2.42. The lowest BCUT2D eigenvalue weighted by atomic mass is 9.81. The summed E-state index contributed by atoms with van der Waals surface area (Å²) in [5.74, 6) is 0.313. The van der Waals surface area contributed by atoms with Crippen LogP contribution in [0.5, 0.6) is 0 Å². The molecule has 1 saturated heterocycles. The van der Waals surface area contributed by atoms with E-state index >= 15 is 0 Å². The lowest BCUT2D eigenvalue weighted by molar-refractivity contribution is 0.110. The highest BCUT2D eigenvalue weighted by atomic mass is 16.3. The van der Waals surface area contributed by atoms with Gasteiger partial charge in [0.05, 0.1) is 6.10 Å². The normalized spacial score (nSPS) is 17.0. The number of piperidine rings is 1. The number of hydrogen-bond acceptors (Lipinski definition) is 2. The van der Waals surface area contributed by atoms with Crippen molar-refractivity contribution in [2.24, 2.45) is 0 Å². The molecule has 1 aliphatic heterocycles. The summed E-state index contributed by atoms with van der Waals surface area (Å²) in [7, 11) is 0. The third-order valence-electron chi connectivity index (χ3n) is 6.48. The Morgan fingerprint density at radius 1 is 0.600 bits per heavy atom. The average Bonchev–Trinajstić information content (AvgIpc) is 2.84. The molecule has 3 aromatic carbocycles. The van der Waals surface area contributed by atoms with Gasteiger partial charge in [-0.3, -0.25) is 4.90 Å². The first-order valence-electron chi connectivity index (χ1n) is 11.4. The molecule has 1 fully saturated rings. The van der Waals surface area contributed by atoms with Crippen LogP contribution in [0.4, 0.5) is 0 Å².